The van der Waals surface area contributed by atoms with Crippen molar-refractivity contribution in [3.63, 3.8) is 0 Å². The van der Waals surface area contributed by atoms with Crippen LogP contribution in [0.3, 0.4) is 0 Å². The molecule has 0 saturated carbocycles. The Bertz CT molecular complexity index is 517. The van der Waals surface area contributed by atoms with Gasteiger partial charge in [0, 0.05) is 13.1 Å². The van der Waals surface area contributed by atoms with Gasteiger partial charge >= 0.3 is 11.9 Å². The van der Waals surface area contributed by atoms with Gasteiger partial charge in [-0.2, -0.15) is 0 Å². The molecule has 1 saturated heterocycles. The molecule has 0 unspecified atom stereocenters. The maximum atomic E-state index is 11.9. The number of morpholine rings is 1. The lowest BCUT2D eigenvalue weighted by atomic mass is 10.1. The van der Waals surface area contributed by atoms with E-state index in [9.17, 15) is 9.59 Å². The van der Waals surface area contributed by atoms with Crippen molar-refractivity contribution in [2.45, 2.75) is 18.9 Å². The van der Waals surface area contributed by atoms with Crippen molar-refractivity contribution in [3.8, 4) is 0 Å². The molecule has 0 spiro atoms. The minimum atomic E-state index is -0.677. The third kappa shape index (κ3) is 5.92. The second kappa shape index (κ2) is 10.0. The fourth-order valence-electron chi connectivity index (χ4n) is 2.47. The number of hydrogen-bond donors (Lipinski definition) is 1. The van der Waals surface area contributed by atoms with E-state index in [1.54, 1.807) is 24.3 Å². The minimum Gasteiger partial charge on any atom is -0.468 e. The molecule has 0 radical (unpaired) electrons. The van der Waals surface area contributed by atoms with Crippen LogP contribution in [0, 0.1) is 0 Å². The Morgan fingerprint density at radius 3 is 2.62 bits per heavy atom. The normalized spacial score (nSPS) is 16.4. The highest BCUT2D eigenvalue weighted by molar-refractivity contribution is 5.89. The molecule has 1 heterocycles. The van der Waals surface area contributed by atoms with Crippen LogP contribution in [0.5, 0.6) is 0 Å². The molecule has 1 fully saturated rings. The van der Waals surface area contributed by atoms with Gasteiger partial charge in [-0.3, -0.25) is 9.69 Å². The molecule has 1 aliphatic rings. The first kappa shape index (κ1) is 18.4. The first-order valence-corrected chi connectivity index (χ1v) is 8.10. The molecule has 0 aromatic heterocycles. The summed E-state index contributed by atoms with van der Waals surface area (Å²) in [6.07, 6.45) is 1.31. The molecule has 24 heavy (non-hydrogen) atoms. The van der Waals surface area contributed by atoms with Crippen LogP contribution in [-0.4, -0.2) is 62.8 Å². The average molecular weight is 336 g/mol. The van der Waals surface area contributed by atoms with E-state index < -0.39 is 18.0 Å². The van der Waals surface area contributed by atoms with Gasteiger partial charge < -0.3 is 14.3 Å². The van der Waals surface area contributed by atoms with Gasteiger partial charge in [0.1, 0.15) is 6.04 Å². The summed E-state index contributed by atoms with van der Waals surface area (Å²) in [5, 5.41) is 0. The number of ether oxygens (including phenoxy) is 2. The van der Waals surface area contributed by atoms with Crippen molar-refractivity contribution in [2.24, 2.45) is 0 Å². The van der Waals surface area contributed by atoms with E-state index in [2.05, 4.69) is 10.4 Å². The molecule has 0 bridgehead atoms. The van der Waals surface area contributed by atoms with Crippen molar-refractivity contribution in [2.75, 3.05) is 40.0 Å². The number of esters is 1. The standard InChI is InChI=1S/C17H24N2O5/c1-22-17(21)15(8-5-9-19-10-12-23-13-11-19)18-24-16(20)14-6-3-2-4-7-14/h2-4,6-7,15,18H,5,8-13H2,1H3/t15-/m0/s1. The molecule has 7 heteroatoms. The van der Waals surface area contributed by atoms with Crippen LogP contribution >= 0.6 is 0 Å². The number of nitrogens with one attached hydrogen (secondary N) is 1. The molecule has 1 N–H and O–H groups in total. The van der Waals surface area contributed by atoms with Gasteiger partial charge in [-0.1, -0.05) is 18.2 Å². The van der Waals surface area contributed by atoms with E-state index in [-0.39, 0.29) is 0 Å². The zero-order valence-corrected chi connectivity index (χ0v) is 13.9. The molecule has 1 atom stereocenters. The Morgan fingerprint density at radius 1 is 1.25 bits per heavy atom. The van der Waals surface area contributed by atoms with Crippen molar-refractivity contribution >= 4 is 11.9 Å². The summed E-state index contributed by atoms with van der Waals surface area (Å²) in [5.41, 5.74) is 2.96. The molecule has 0 amide bonds. The summed E-state index contributed by atoms with van der Waals surface area (Å²) in [4.78, 5) is 31.1. The Kier molecular flexibility index (Phi) is 7.67. The highest BCUT2D eigenvalue weighted by Crippen LogP contribution is 2.06. The molecule has 2 rings (SSSR count). The van der Waals surface area contributed by atoms with Gasteiger partial charge in [-0.05, 0) is 31.5 Å². The van der Waals surface area contributed by atoms with E-state index in [0.717, 1.165) is 39.3 Å². The smallest absolute Gasteiger partial charge is 0.356 e. The molecule has 1 aromatic carbocycles. The average Bonchev–Trinajstić information content (AvgIpc) is 2.65. The van der Waals surface area contributed by atoms with E-state index >= 15 is 0 Å². The van der Waals surface area contributed by atoms with Crippen molar-refractivity contribution < 1.29 is 23.9 Å². The lowest BCUT2D eigenvalue weighted by Gasteiger charge is -2.27. The number of hydrogen-bond acceptors (Lipinski definition) is 7. The lowest BCUT2D eigenvalue weighted by molar-refractivity contribution is -0.146. The SMILES string of the molecule is COC(=O)[C@H](CCCN1CCOCC1)NOC(=O)c1ccccc1. The van der Waals surface area contributed by atoms with E-state index in [1.807, 2.05) is 6.07 Å². The van der Waals surface area contributed by atoms with Crippen LogP contribution in [0.15, 0.2) is 30.3 Å². The number of nitrogens with zero attached hydrogens (tertiary/aromatic N) is 1. The second-order valence-corrected chi connectivity index (χ2v) is 5.55. The molecule has 0 aliphatic carbocycles. The van der Waals surface area contributed by atoms with Crippen LogP contribution in [0.25, 0.3) is 0 Å². The lowest BCUT2D eigenvalue weighted by Crippen LogP contribution is -2.41. The molecule has 1 aliphatic heterocycles. The number of rotatable bonds is 8. The summed E-state index contributed by atoms with van der Waals surface area (Å²) in [6, 6.07) is 7.93. The van der Waals surface area contributed by atoms with Crippen molar-refractivity contribution in [1.29, 1.82) is 0 Å². The third-order valence-corrected chi connectivity index (χ3v) is 3.86. The topological polar surface area (TPSA) is 77.1 Å². The van der Waals surface area contributed by atoms with Crippen molar-refractivity contribution in [1.82, 2.24) is 10.4 Å². The first-order valence-electron chi connectivity index (χ1n) is 8.10. The Hall–Kier alpha value is -1.96. The van der Waals surface area contributed by atoms with Gasteiger partial charge in [-0.25, -0.2) is 4.79 Å². The predicted molar refractivity (Wildman–Crippen MR) is 87.3 cm³/mol. The van der Waals surface area contributed by atoms with E-state index in [0.29, 0.717) is 12.0 Å². The maximum Gasteiger partial charge on any atom is 0.356 e. The van der Waals surface area contributed by atoms with Gasteiger partial charge in [0.15, 0.2) is 0 Å². The Balaban J connectivity index is 1.77. The largest absolute Gasteiger partial charge is 0.468 e. The minimum absolute atomic E-state index is 0.418. The summed E-state index contributed by atoms with van der Waals surface area (Å²) < 4.78 is 10.1. The third-order valence-electron chi connectivity index (χ3n) is 3.86. The molecular formula is C17H24N2O5. The molecule has 7 nitrogen and oxygen atoms in total. The Labute approximate surface area is 141 Å². The highest BCUT2D eigenvalue weighted by Gasteiger charge is 2.21. The number of benzene rings is 1. The number of hydroxylamine groups is 1. The molecule has 1 aromatic rings. The van der Waals surface area contributed by atoms with E-state index in [4.69, 9.17) is 14.3 Å². The van der Waals surface area contributed by atoms with Crippen molar-refractivity contribution in [3.05, 3.63) is 35.9 Å². The van der Waals surface area contributed by atoms with E-state index in [1.165, 1.54) is 7.11 Å². The van der Waals surface area contributed by atoms with Crippen LogP contribution in [-0.2, 0) is 19.1 Å². The predicted octanol–water partition coefficient (Wildman–Crippen LogP) is 1.00. The summed E-state index contributed by atoms with van der Waals surface area (Å²) in [5.74, 6) is -0.976. The van der Waals surface area contributed by atoms with Gasteiger partial charge in [0.05, 0.1) is 25.9 Å². The van der Waals surface area contributed by atoms with Gasteiger partial charge in [0.25, 0.3) is 0 Å². The highest BCUT2D eigenvalue weighted by atomic mass is 16.7. The fraction of sp³-hybridized carbons (Fsp3) is 0.529. The summed E-state index contributed by atoms with van der Waals surface area (Å²) in [7, 11) is 1.32. The zero-order chi connectivity index (χ0) is 17.2. The second-order valence-electron chi connectivity index (χ2n) is 5.55. The molecule has 132 valence electrons. The van der Waals surface area contributed by atoms with Gasteiger partial charge in [-0.15, -0.1) is 5.48 Å². The number of carbonyl (C=O) groups is 2. The summed E-state index contributed by atoms with van der Waals surface area (Å²) in [6.45, 7) is 4.16. The summed E-state index contributed by atoms with van der Waals surface area (Å²) >= 11 is 0. The van der Waals surface area contributed by atoms with Crippen LogP contribution in [0.2, 0.25) is 0 Å². The Morgan fingerprint density at radius 2 is 1.96 bits per heavy atom. The monoisotopic (exact) mass is 336 g/mol. The molecular weight excluding hydrogens is 312 g/mol. The first-order chi connectivity index (χ1) is 11.7. The fourth-order valence-corrected chi connectivity index (χ4v) is 2.47. The van der Waals surface area contributed by atoms with Gasteiger partial charge in [0.2, 0.25) is 0 Å². The van der Waals surface area contributed by atoms with Crippen LogP contribution < -0.4 is 5.48 Å². The van der Waals surface area contributed by atoms with Crippen LogP contribution in [0.4, 0.5) is 0 Å². The maximum absolute atomic E-state index is 11.9. The quantitative estimate of drug-likeness (QED) is 0.560. The van der Waals surface area contributed by atoms with Crippen LogP contribution in [0.1, 0.15) is 23.2 Å². The zero-order valence-electron chi connectivity index (χ0n) is 13.9. The number of methoxy groups -OCH3 is 1. The number of carbonyl (C=O) groups excluding carboxylic acids is 2.